The van der Waals surface area contributed by atoms with Crippen molar-refractivity contribution < 1.29 is 4.79 Å². The molecule has 20 heavy (non-hydrogen) atoms. The van der Waals surface area contributed by atoms with E-state index >= 15 is 0 Å². The van der Waals surface area contributed by atoms with Gasteiger partial charge in [0.05, 0.1) is 11.4 Å². The van der Waals surface area contributed by atoms with Gasteiger partial charge in [0, 0.05) is 24.7 Å². The number of nitrogens with two attached hydrogens (primary N) is 1. The summed E-state index contributed by atoms with van der Waals surface area (Å²) in [5, 5.41) is 2.83. The predicted molar refractivity (Wildman–Crippen MR) is 84.1 cm³/mol. The van der Waals surface area contributed by atoms with Gasteiger partial charge < -0.3 is 16.0 Å². The molecule has 1 amide bonds. The van der Waals surface area contributed by atoms with E-state index < -0.39 is 0 Å². The molecule has 1 heterocycles. The minimum atomic E-state index is -0.0357. The molecule has 2 rings (SSSR count). The number of nitrogen functional groups attached to an aromatic ring is 1. The van der Waals surface area contributed by atoms with Crippen LogP contribution in [0.1, 0.15) is 44.0 Å². The van der Waals surface area contributed by atoms with E-state index in [1.54, 1.807) is 6.07 Å². The monoisotopic (exact) mass is 275 g/mol. The van der Waals surface area contributed by atoms with Crippen LogP contribution in [0.5, 0.6) is 0 Å². The van der Waals surface area contributed by atoms with Crippen molar-refractivity contribution in [1.82, 2.24) is 5.32 Å². The molecule has 0 bridgehead atoms. The summed E-state index contributed by atoms with van der Waals surface area (Å²) in [5.74, 6) is 0.614. The van der Waals surface area contributed by atoms with Crippen LogP contribution in [0.3, 0.4) is 0 Å². The number of anilines is 2. The quantitative estimate of drug-likeness (QED) is 0.834. The number of rotatable bonds is 3. The summed E-state index contributed by atoms with van der Waals surface area (Å²) in [7, 11) is 0. The summed E-state index contributed by atoms with van der Waals surface area (Å²) in [6.45, 7) is 8.08. The maximum atomic E-state index is 12.0. The fourth-order valence-electron chi connectivity index (χ4n) is 2.87. The zero-order chi connectivity index (χ0) is 14.7. The number of amides is 1. The molecule has 0 spiro atoms. The summed E-state index contributed by atoms with van der Waals surface area (Å²) in [6, 6.07) is 6.01. The number of carbonyl (C=O) groups excluding carboxylic acids is 1. The molecule has 4 heteroatoms. The van der Waals surface area contributed by atoms with E-state index in [-0.39, 0.29) is 5.91 Å². The third kappa shape index (κ3) is 2.89. The molecule has 0 saturated carbocycles. The highest BCUT2D eigenvalue weighted by Gasteiger charge is 2.26. The van der Waals surface area contributed by atoms with E-state index in [0.29, 0.717) is 24.1 Å². The van der Waals surface area contributed by atoms with Crippen LogP contribution in [0.25, 0.3) is 0 Å². The number of hydrogen-bond acceptors (Lipinski definition) is 3. The minimum Gasteiger partial charge on any atom is -0.397 e. The lowest BCUT2D eigenvalue weighted by atomic mass is 9.91. The molecule has 1 aromatic carbocycles. The van der Waals surface area contributed by atoms with E-state index in [2.05, 4.69) is 24.1 Å². The van der Waals surface area contributed by atoms with Crippen LogP contribution in [-0.2, 0) is 0 Å². The Kier molecular flexibility index (Phi) is 4.53. The van der Waals surface area contributed by atoms with Crippen molar-refractivity contribution in [1.29, 1.82) is 0 Å². The van der Waals surface area contributed by atoms with Gasteiger partial charge in [-0.2, -0.15) is 0 Å². The van der Waals surface area contributed by atoms with Gasteiger partial charge in [-0.25, -0.2) is 0 Å². The van der Waals surface area contributed by atoms with Gasteiger partial charge in [0.1, 0.15) is 0 Å². The van der Waals surface area contributed by atoms with E-state index in [1.165, 1.54) is 12.8 Å². The molecule has 2 atom stereocenters. The molecule has 110 valence electrons. The molecule has 0 aliphatic carbocycles. The highest BCUT2D eigenvalue weighted by Crippen LogP contribution is 2.32. The van der Waals surface area contributed by atoms with Crippen molar-refractivity contribution in [2.24, 2.45) is 5.92 Å². The standard InChI is InChI=1S/C16H25N3O/c1-4-18-16(20)13-7-8-14(17)15(10-13)19-9-5-6-11(2)12(19)3/h7-8,10-12H,4-6,9,17H2,1-3H3,(H,18,20). The molecule has 1 saturated heterocycles. The van der Waals surface area contributed by atoms with Gasteiger partial charge in [0.2, 0.25) is 0 Å². The zero-order valence-electron chi connectivity index (χ0n) is 12.6. The Bertz CT molecular complexity index is 487. The smallest absolute Gasteiger partial charge is 0.251 e. The fourth-order valence-corrected chi connectivity index (χ4v) is 2.87. The number of hydrogen-bond donors (Lipinski definition) is 2. The van der Waals surface area contributed by atoms with Gasteiger partial charge in [0.15, 0.2) is 0 Å². The fraction of sp³-hybridized carbons (Fsp3) is 0.562. The molecule has 1 fully saturated rings. The number of benzene rings is 1. The predicted octanol–water partition coefficient (Wildman–Crippen LogP) is 2.64. The van der Waals surface area contributed by atoms with Crippen LogP contribution in [0.2, 0.25) is 0 Å². The van der Waals surface area contributed by atoms with Crippen LogP contribution in [0, 0.1) is 5.92 Å². The lowest BCUT2D eigenvalue weighted by Gasteiger charge is -2.40. The van der Waals surface area contributed by atoms with Crippen molar-refractivity contribution in [2.75, 3.05) is 23.7 Å². The molecule has 1 aliphatic rings. The van der Waals surface area contributed by atoms with Gasteiger partial charge in [-0.1, -0.05) is 6.92 Å². The number of nitrogens with zero attached hydrogens (tertiary/aromatic N) is 1. The normalized spacial score (nSPS) is 22.6. The van der Waals surface area contributed by atoms with E-state index in [4.69, 9.17) is 5.73 Å². The van der Waals surface area contributed by atoms with Crippen molar-refractivity contribution in [2.45, 2.75) is 39.7 Å². The highest BCUT2D eigenvalue weighted by atomic mass is 16.1. The van der Waals surface area contributed by atoms with Gasteiger partial charge in [-0.3, -0.25) is 4.79 Å². The number of piperidine rings is 1. The second-order valence-electron chi connectivity index (χ2n) is 5.69. The summed E-state index contributed by atoms with van der Waals surface area (Å²) in [4.78, 5) is 14.3. The SMILES string of the molecule is CCNC(=O)c1ccc(N)c(N2CCCC(C)C2C)c1. The van der Waals surface area contributed by atoms with Crippen LogP contribution in [0.15, 0.2) is 18.2 Å². The van der Waals surface area contributed by atoms with Crippen LogP contribution in [0.4, 0.5) is 11.4 Å². The minimum absolute atomic E-state index is 0.0357. The Hall–Kier alpha value is -1.71. The molecular formula is C16H25N3O. The van der Waals surface area contributed by atoms with Crippen LogP contribution < -0.4 is 16.0 Å². The third-order valence-electron chi connectivity index (χ3n) is 4.31. The van der Waals surface area contributed by atoms with E-state index in [0.717, 1.165) is 17.9 Å². The first kappa shape index (κ1) is 14.7. The molecule has 3 N–H and O–H groups in total. The molecule has 1 aliphatic heterocycles. The Balaban J connectivity index is 2.30. The van der Waals surface area contributed by atoms with Crippen molar-refractivity contribution in [3.63, 3.8) is 0 Å². The Labute approximate surface area is 121 Å². The Morgan fingerprint density at radius 1 is 1.45 bits per heavy atom. The highest BCUT2D eigenvalue weighted by molar-refractivity contribution is 5.96. The second-order valence-corrected chi connectivity index (χ2v) is 5.69. The first-order chi connectivity index (χ1) is 9.54. The lowest BCUT2D eigenvalue weighted by Crippen LogP contribution is -2.42. The Morgan fingerprint density at radius 2 is 2.20 bits per heavy atom. The van der Waals surface area contributed by atoms with Crippen molar-refractivity contribution in [3.8, 4) is 0 Å². The summed E-state index contributed by atoms with van der Waals surface area (Å²) in [6.07, 6.45) is 2.43. The summed E-state index contributed by atoms with van der Waals surface area (Å²) in [5.41, 5.74) is 8.55. The first-order valence-corrected chi connectivity index (χ1v) is 7.49. The van der Waals surface area contributed by atoms with Crippen molar-refractivity contribution >= 4 is 17.3 Å². The van der Waals surface area contributed by atoms with Crippen LogP contribution >= 0.6 is 0 Å². The topological polar surface area (TPSA) is 58.4 Å². The zero-order valence-corrected chi connectivity index (χ0v) is 12.6. The summed E-state index contributed by atoms with van der Waals surface area (Å²) < 4.78 is 0. The lowest BCUT2D eigenvalue weighted by molar-refractivity contribution is 0.0956. The molecule has 0 radical (unpaired) electrons. The summed E-state index contributed by atoms with van der Waals surface area (Å²) >= 11 is 0. The average molecular weight is 275 g/mol. The Morgan fingerprint density at radius 3 is 2.90 bits per heavy atom. The molecular weight excluding hydrogens is 250 g/mol. The van der Waals surface area contributed by atoms with Gasteiger partial charge in [-0.05, 0) is 50.8 Å². The molecule has 2 unspecified atom stereocenters. The maximum absolute atomic E-state index is 12.0. The maximum Gasteiger partial charge on any atom is 0.251 e. The molecule has 0 aromatic heterocycles. The van der Waals surface area contributed by atoms with E-state index in [1.807, 2.05) is 19.1 Å². The molecule has 1 aromatic rings. The number of carbonyl (C=O) groups is 1. The first-order valence-electron chi connectivity index (χ1n) is 7.49. The van der Waals surface area contributed by atoms with Crippen LogP contribution in [-0.4, -0.2) is 25.0 Å². The van der Waals surface area contributed by atoms with E-state index in [9.17, 15) is 4.79 Å². The largest absolute Gasteiger partial charge is 0.397 e. The van der Waals surface area contributed by atoms with Gasteiger partial charge >= 0.3 is 0 Å². The van der Waals surface area contributed by atoms with Gasteiger partial charge in [0.25, 0.3) is 5.91 Å². The second kappa shape index (κ2) is 6.16. The third-order valence-corrected chi connectivity index (χ3v) is 4.31. The average Bonchev–Trinajstić information content (AvgIpc) is 2.43. The van der Waals surface area contributed by atoms with Gasteiger partial charge in [-0.15, -0.1) is 0 Å². The number of nitrogens with one attached hydrogen (secondary N) is 1. The van der Waals surface area contributed by atoms with Crippen molar-refractivity contribution in [3.05, 3.63) is 23.8 Å². The molecule has 4 nitrogen and oxygen atoms in total.